The van der Waals surface area contributed by atoms with E-state index >= 15 is 0 Å². The lowest BCUT2D eigenvalue weighted by molar-refractivity contribution is -0.129. The first-order valence-electron chi connectivity index (χ1n) is 6.72. The molecular weight excluding hydrogens is 316 g/mol. The van der Waals surface area contributed by atoms with Crippen LogP contribution in [-0.4, -0.2) is 70.9 Å². The molecule has 0 radical (unpaired) electrons. The van der Waals surface area contributed by atoms with Gasteiger partial charge in [0, 0.05) is 32.3 Å². The molecule has 0 aromatic rings. The van der Waals surface area contributed by atoms with E-state index in [1.54, 1.807) is 14.2 Å². The molecule has 0 amide bonds. The van der Waals surface area contributed by atoms with Crippen molar-refractivity contribution in [2.75, 3.05) is 53.9 Å². The molecule has 3 atom stereocenters. The van der Waals surface area contributed by atoms with Crippen molar-refractivity contribution in [3.8, 4) is 0 Å². The molecule has 1 saturated carbocycles. The van der Waals surface area contributed by atoms with Crippen LogP contribution in [0.5, 0.6) is 0 Å². The van der Waals surface area contributed by atoms with Crippen molar-refractivity contribution >= 4 is 15.9 Å². The van der Waals surface area contributed by atoms with Gasteiger partial charge in [0.2, 0.25) is 0 Å². The average molecular weight is 341 g/mol. The summed E-state index contributed by atoms with van der Waals surface area (Å²) in [5.74, 6) is 0. The first-order valence-corrected chi connectivity index (χ1v) is 7.64. The molecule has 0 aliphatic heterocycles. The Bertz CT molecular complexity index is 217. The van der Waals surface area contributed by atoms with Gasteiger partial charge in [-0.25, -0.2) is 0 Å². The molecule has 5 nitrogen and oxygen atoms in total. The number of ether oxygens (including phenoxy) is 5. The fraction of sp³-hybridized carbons (Fsp3) is 1.00. The van der Waals surface area contributed by atoms with Gasteiger partial charge in [0.05, 0.1) is 38.6 Å². The average Bonchev–Trinajstić information content (AvgIpc) is 2.41. The molecule has 0 aromatic heterocycles. The minimum atomic E-state index is 0.143. The second-order valence-corrected chi connectivity index (χ2v) is 5.62. The van der Waals surface area contributed by atoms with E-state index in [4.69, 9.17) is 23.7 Å². The van der Waals surface area contributed by atoms with Gasteiger partial charge in [-0.15, -0.1) is 0 Å². The summed E-state index contributed by atoms with van der Waals surface area (Å²) in [6, 6.07) is 0. The van der Waals surface area contributed by atoms with Crippen LogP contribution in [0.1, 0.15) is 12.8 Å². The van der Waals surface area contributed by atoms with Crippen molar-refractivity contribution in [2.45, 2.75) is 29.9 Å². The number of methoxy groups -OCH3 is 2. The molecule has 114 valence electrons. The Labute approximate surface area is 124 Å². The summed E-state index contributed by atoms with van der Waals surface area (Å²) in [6.07, 6.45) is 2.24. The number of alkyl halides is 1. The summed E-state index contributed by atoms with van der Waals surface area (Å²) < 4.78 is 26.7. The standard InChI is InChI=1S/C13H25BrO5/c1-15-6-8-17-4-3-5-18-12-10-11(14)13(12)19-9-7-16-2/h11-13H,3-10H2,1-2H3. The van der Waals surface area contributed by atoms with Gasteiger partial charge >= 0.3 is 0 Å². The largest absolute Gasteiger partial charge is 0.382 e. The van der Waals surface area contributed by atoms with Crippen molar-refractivity contribution < 1.29 is 23.7 Å². The molecular formula is C13H25BrO5. The van der Waals surface area contributed by atoms with E-state index in [1.165, 1.54) is 0 Å². The van der Waals surface area contributed by atoms with Gasteiger partial charge < -0.3 is 23.7 Å². The summed E-state index contributed by atoms with van der Waals surface area (Å²) in [6.45, 7) is 3.94. The third-order valence-electron chi connectivity index (χ3n) is 2.97. The Hall–Kier alpha value is 0.280. The van der Waals surface area contributed by atoms with Gasteiger partial charge in [-0.05, 0) is 12.8 Å². The molecule has 1 aliphatic rings. The predicted octanol–water partition coefficient (Wildman–Crippen LogP) is 1.62. The molecule has 0 bridgehead atoms. The molecule has 0 saturated heterocycles. The van der Waals surface area contributed by atoms with Crippen molar-refractivity contribution in [3.05, 3.63) is 0 Å². The molecule has 0 N–H and O–H groups in total. The molecule has 0 spiro atoms. The zero-order valence-corrected chi connectivity index (χ0v) is 13.4. The quantitative estimate of drug-likeness (QED) is 0.399. The van der Waals surface area contributed by atoms with E-state index < -0.39 is 0 Å². The Morgan fingerprint density at radius 3 is 2.32 bits per heavy atom. The van der Waals surface area contributed by atoms with Crippen molar-refractivity contribution in [3.63, 3.8) is 0 Å². The summed E-state index contributed by atoms with van der Waals surface area (Å²) in [5, 5.41) is 0. The lowest BCUT2D eigenvalue weighted by Gasteiger charge is -2.40. The van der Waals surface area contributed by atoms with Crippen molar-refractivity contribution in [1.82, 2.24) is 0 Å². The maximum atomic E-state index is 5.79. The summed E-state index contributed by atoms with van der Waals surface area (Å²) in [4.78, 5) is 0.396. The molecule has 3 unspecified atom stereocenters. The monoisotopic (exact) mass is 340 g/mol. The smallest absolute Gasteiger partial charge is 0.0963 e. The number of hydrogen-bond acceptors (Lipinski definition) is 5. The van der Waals surface area contributed by atoms with E-state index in [1.807, 2.05) is 0 Å². The number of rotatable bonds is 12. The van der Waals surface area contributed by atoms with Crippen LogP contribution >= 0.6 is 15.9 Å². The second-order valence-electron chi connectivity index (χ2n) is 4.45. The first kappa shape index (κ1) is 17.3. The molecule has 0 heterocycles. The molecule has 0 aromatic carbocycles. The van der Waals surface area contributed by atoms with Crippen LogP contribution in [0.2, 0.25) is 0 Å². The Morgan fingerprint density at radius 2 is 1.63 bits per heavy atom. The summed E-state index contributed by atoms with van der Waals surface area (Å²) in [5.41, 5.74) is 0. The third kappa shape index (κ3) is 7.02. The van der Waals surface area contributed by atoms with Gasteiger partial charge in [-0.2, -0.15) is 0 Å². The fourth-order valence-corrected chi connectivity index (χ4v) is 2.67. The molecule has 1 fully saturated rings. The van der Waals surface area contributed by atoms with Crippen LogP contribution in [0.15, 0.2) is 0 Å². The highest BCUT2D eigenvalue weighted by Gasteiger charge is 2.41. The van der Waals surface area contributed by atoms with Gasteiger partial charge in [0.1, 0.15) is 0 Å². The maximum Gasteiger partial charge on any atom is 0.0963 e. The van der Waals surface area contributed by atoms with Crippen LogP contribution in [0.25, 0.3) is 0 Å². The fourth-order valence-electron chi connectivity index (χ4n) is 1.81. The maximum absolute atomic E-state index is 5.79. The van der Waals surface area contributed by atoms with Gasteiger partial charge in [0.15, 0.2) is 0 Å². The minimum absolute atomic E-state index is 0.143. The third-order valence-corrected chi connectivity index (χ3v) is 3.87. The highest BCUT2D eigenvalue weighted by atomic mass is 79.9. The zero-order chi connectivity index (χ0) is 13.9. The molecule has 19 heavy (non-hydrogen) atoms. The Morgan fingerprint density at radius 1 is 0.895 bits per heavy atom. The van der Waals surface area contributed by atoms with E-state index in [0.29, 0.717) is 44.5 Å². The van der Waals surface area contributed by atoms with Crippen LogP contribution in [0.4, 0.5) is 0 Å². The van der Waals surface area contributed by atoms with Crippen molar-refractivity contribution in [1.29, 1.82) is 0 Å². The van der Waals surface area contributed by atoms with Gasteiger partial charge in [-0.1, -0.05) is 15.9 Å². The molecule has 1 rings (SSSR count). The lowest BCUT2D eigenvalue weighted by Crippen LogP contribution is -2.51. The van der Waals surface area contributed by atoms with Crippen LogP contribution in [-0.2, 0) is 23.7 Å². The van der Waals surface area contributed by atoms with Gasteiger partial charge in [-0.3, -0.25) is 0 Å². The lowest BCUT2D eigenvalue weighted by atomic mass is 9.91. The highest BCUT2D eigenvalue weighted by Crippen LogP contribution is 2.33. The highest BCUT2D eigenvalue weighted by molar-refractivity contribution is 9.09. The van der Waals surface area contributed by atoms with E-state index in [-0.39, 0.29) is 12.2 Å². The van der Waals surface area contributed by atoms with Crippen LogP contribution in [0, 0.1) is 0 Å². The van der Waals surface area contributed by atoms with Gasteiger partial charge in [0.25, 0.3) is 0 Å². The first-order chi connectivity index (χ1) is 9.29. The Balaban J connectivity index is 1.96. The number of hydrogen-bond donors (Lipinski definition) is 0. The van der Waals surface area contributed by atoms with E-state index in [9.17, 15) is 0 Å². The minimum Gasteiger partial charge on any atom is -0.382 e. The van der Waals surface area contributed by atoms with E-state index in [2.05, 4.69) is 15.9 Å². The summed E-state index contributed by atoms with van der Waals surface area (Å²) >= 11 is 3.59. The van der Waals surface area contributed by atoms with Crippen LogP contribution < -0.4 is 0 Å². The molecule has 1 aliphatic carbocycles. The number of halogens is 1. The predicted molar refractivity (Wildman–Crippen MR) is 76.0 cm³/mol. The van der Waals surface area contributed by atoms with Crippen LogP contribution in [0.3, 0.4) is 0 Å². The van der Waals surface area contributed by atoms with E-state index in [0.717, 1.165) is 12.8 Å². The zero-order valence-electron chi connectivity index (χ0n) is 11.8. The molecule has 6 heteroatoms. The summed E-state index contributed by atoms with van der Waals surface area (Å²) in [7, 11) is 3.34. The topological polar surface area (TPSA) is 46.2 Å². The SMILES string of the molecule is COCCOCCCOC1CC(Br)C1OCCOC. The van der Waals surface area contributed by atoms with Crippen molar-refractivity contribution in [2.24, 2.45) is 0 Å². The normalized spacial score (nSPS) is 26.4. The Kier molecular flexibility index (Phi) is 10.0. The second kappa shape index (κ2) is 11.0.